The first-order chi connectivity index (χ1) is 18.0. The molecule has 3 heterocycles. The normalized spacial score (nSPS) is 13.8. The Labute approximate surface area is 214 Å². The molecule has 188 valence electrons. The van der Waals surface area contributed by atoms with Gasteiger partial charge in [-0.05, 0) is 61.7 Å². The number of benzene rings is 2. The van der Waals surface area contributed by atoms with Gasteiger partial charge in [-0.2, -0.15) is 4.98 Å². The molecule has 2 aromatic carbocycles. The smallest absolute Gasteiger partial charge is 0.253 e. The predicted octanol–water partition coefficient (Wildman–Crippen LogP) is 3.78. The molecular weight excluding hydrogens is 470 g/mol. The molecule has 2 aromatic heterocycles. The van der Waals surface area contributed by atoms with E-state index in [1.54, 1.807) is 41.0 Å². The van der Waals surface area contributed by atoms with E-state index < -0.39 is 0 Å². The van der Waals surface area contributed by atoms with Gasteiger partial charge in [0.25, 0.3) is 5.91 Å². The first kappa shape index (κ1) is 24.0. The number of anilines is 3. The van der Waals surface area contributed by atoms with E-state index in [0.29, 0.717) is 34.3 Å². The Balaban J connectivity index is 1.29. The predicted molar refractivity (Wildman–Crippen MR) is 141 cm³/mol. The lowest BCUT2D eigenvalue weighted by Gasteiger charge is -2.32. The van der Waals surface area contributed by atoms with Gasteiger partial charge in [-0.1, -0.05) is 12.6 Å². The van der Waals surface area contributed by atoms with E-state index in [2.05, 4.69) is 39.2 Å². The van der Waals surface area contributed by atoms with Gasteiger partial charge in [0, 0.05) is 55.4 Å². The van der Waals surface area contributed by atoms with E-state index in [1.165, 1.54) is 6.08 Å². The molecule has 2 amide bonds. The van der Waals surface area contributed by atoms with Crippen LogP contribution in [-0.2, 0) is 4.79 Å². The molecule has 5 rings (SSSR count). The van der Waals surface area contributed by atoms with E-state index >= 15 is 0 Å². The summed E-state index contributed by atoms with van der Waals surface area (Å²) in [5, 5.41) is 10.4. The maximum atomic E-state index is 12.8. The molecule has 1 fully saturated rings. The molecule has 0 unspecified atom stereocenters. The van der Waals surface area contributed by atoms with Gasteiger partial charge >= 0.3 is 0 Å². The summed E-state index contributed by atoms with van der Waals surface area (Å²) in [6, 6.07) is 18.0. The summed E-state index contributed by atoms with van der Waals surface area (Å²) in [4.78, 5) is 33.1. The number of ether oxygens (including phenoxy) is 1. The van der Waals surface area contributed by atoms with Crippen LogP contribution in [0.15, 0.2) is 79.5 Å². The zero-order chi connectivity index (χ0) is 25.8. The summed E-state index contributed by atoms with van der Waals surface area (Å²) >= 11 is 0. The number of carbonyl (C=O) groups excluding carboxylic acids is 2. The van der Waals surface area contributed by atoms with E-state index in [1.807, 2.05) is 35.2 Å². The lowest BCUT2D eigenvalue weighted by Crippen LogP contribution is -2.47. The first-order valence-corrected chi connectivity index (χ1v) is 11.9. The number of hydrogen-bond acceptors (Lipinski definition) is 7. The number of hydrogen-bond donors (Lipinski definition) is 2. The van der Waals surface area contributed by atoms with Crippen LogP contribution in [0, 0.1) is 0 Å². The third-order valence-electron chi connectivity index (χ3n) is 6.02. The van der Waals surface area contributed by atoms with Gasteiger partial charge in [0.2, 0.25) is 11.9 Å². The number of carbonyl (C=O) groups is 2. The summed E-state index contributed by atoms with van der Waals surface area (Å²) in [5.74, 6) is 1.17. The Morgan fingerprint density at radius 1 is 1.00 bits per heavy atom. The largest absolute Gasteiger partial charge is 0.453 e. The highest BCUT2D eigenvalue weighted by Gasteiger charge is 2.20. The van der Waals surface area contributed by atoms with Crippen LogP contribution in [0.2, 0.25) is 0 Å². The van der Waals surface area contributed by atoms with Crippen molar-refractivity contribution in [2.24, 2.45) is 0 Å². The molecule has 10 heteroatoms. The average Bonchev–Trinajstić information content (AvgIpc) is 3.33. The van der Waals surface area contributed by atoms with E-state index in [0.717, 1.165) is 31.9 Å². The molecule has 0 saturated carbocycles. The highest BCUT2D eigenvalue weighted by molar-refractivity contribution is 5.99. The van der Waals surface area contributed by atoms with Crippen molar-refractivity contribution in [1.29, 1.82) is 0 Å². The van der Waals surface area contributed by atoms with E-state index in [9.17, 15) is 9.59 Å². The second-order valence-corrected chi connectivity index (χ2v) is 8.70. The Bertz CT molecular complexity index is 1440. The molecule has 10 nitrogen and oxygen atoms in total. The van der Waals surface area contributed by atoms with Crippen molar-refractivity contribution in [3.05, 3.63) is 85.1 Å². The van der Waals surface area contributed by atoms with Gasteiger partial charge in [-0.15, -0.1) is 5.10 Å². The molecule has 1 saturated heterocycles. The van der Waals surface area contributed by atoms with Crippen molar-refractivity contribution < 1.29 is 14.3 Å². The minimum atomic E-state index is -0.302. The van der Waals surface area contributed by atoms with Gasteiger partial charge in [-0.3, -0.25) is 9.59 Å². The van der Waals surface area contributed by atoms with Gasteiger partial charge in [0.1, 0.15) is 5.75 Å². The number of nitrogens with one attached hydrogen (secondary N) is 2. The number of fused-ring (bicyclic) bond motifs is 1. The van der Waals surface area contributed by atoms with Crippen molar-refractivity contribution in [1.82, 2.24) is 24.4 Å². The van der Waals surface area contributed by atoms with Crippen LogP contribution in [0.4, 0.5) is 17.3 Å². The molecule has 0 aliphatic carbocycles. The highest BCUT2D eigenvalue weighted by atomic mass is 16.5. The molecule has 1 aliphatic rings. The van der Waals surface area contributed by atoms with Gasteiger partial charge < -0.3 is 25.2 Å². The van der Waals surface area contributed by atoms with Crippen LogP contribution in [0.25, 0.3) is 5.65 Å². The maximum absolute atomic E-state index is 12.8. The summed E-state index contributed by atoms with van der Waals surface area (Å²) < 4.78 is 7.66. The number of rotatable bonds is 7. The van der Waals surface area contributed by atoms with Crippen molar-refractivity contribution in [2.75, 3.05) is 43.9 Å². The standard InChI is InChI=1S/C27H27N7O3/c1-3-24(35)28-21-6-4-7-22(18-21)37-23-8-5-13-34-25(23)30-27(31-34)29-20-11-9-19(10-12-20)26(36)33-16-14-32(2)15-17-33/h3-13,18H,1,14-17H2,2H3,(H,28,35)(H,29,31). The Hall–Kier alpha value is -4.70. The minimum absolute atomic E-state index is 0.0421. The summed E-state index contributed by atoms with van der Waals surface area (Å²) in [7, 11) is 2.06. The monoisotopic (exact) mass is 497 g/mol. The average molecular weight is 498 g/mol. The molecule has 2 N–H and O–H groups in total. The van der Waals surface area contributed by atoms with Crippen LogP contribution in [0.3, 0.4) is 0 Å². The first-order valence-electron chi connectivity index (χ1n) is 11.9. The molecule has 0 radical (unpaired) electrons. The number of amides is 2. The van der Waals surface area contributed by atoms with Crippen molar-refractivity contribution in [2.45, 2.75) is 0 Å². The number of nitrogens with zero attached hydrogens (tertiary/aromatic N) is 5. The highest BCUT2D eigenvalue weighted by Crippen LogP contribution is 2.28. The van der Waals surface area contributed by atoms with Crippen LogP contribution in [-0.4, -0.2) is 69.4 Å². The van der Waals surface area contributed by atoms with Crippen LogP contribution < -0.4 is 15.4 Å². The van der Waals surface area contributed by atoms with Crippen molar-refractivity contribution in [3.8, 4) is 11.5 Å². The molecule has 37 heavy (non-hydrogen) atoms. The molecular formula is C27H27N7O3. The number of aromatic nitrogens is 3. The number of piperazine rings is 1. The maximum Gasteiger partial charge on any atom is 0.253 e. The minimum Gasteiger partial charge on any atom is -0.453 e. The summed E-state index contributed by atoms with van der Waals surface area (Å²) in [6.07, 6.45) is 2.98. The second kappa shape index (κ2) is 10.5. The summed E-state index contributed by atoms with van der Waals surface area (Å²) in [6.45, 7) is 6.70. The second-order valence-electron chi connectivity index (χ2n) is 8.70. The van der Waals surface area contributed by atoms with Gasteiger partial charge in [-0.25, -0.2) is 4.52 Å². The van der Waals surface area contributed by atoms with Crippen LogP contribution >= 0.6 is 0 Å². The lowest BCUT2D eigenvalue weighted by atomic mass is 10.1. The van der Waals surface area contributed by atoms with Gasteiger partial charge in [0.05, 0.1) is 0 Å². The fourth-order valence-corrected chi connectivity index (χ4v) is 3.99. The fraction of sp³-hybridized carbons (Fsp3) is 0.185. The molecule has 0 bridgehead atoms. The lowest BCUT2D eigenvalue weighted by molar-refractivity contribution is -0.111. The number of likely N-dealkylation sites (N-methyl/N-ethyl adjacent to an activating group) is 1. The molecule has 0 atom stereocenters. The topological polar surface area (TPSA) is 104 Å². The van der Waals surface area contributed by atoms with Gasteiger partial charge in [0.15, 0.2) is 11.4 Å². The van der Waals surface area contributed by atoms with E-state index in [4.69, 9.17) is 4.74 Å². The fourth-order valence-electron chi connectivity index (χ4n) is 3.99. The quantitative estimate of drug-likeness (QED) is 0.375. The Kier molecular flexibility index (Phi) is 6.82. The SMILES string of the molecule is C=CC(=O)Nc1cccc(Oc2cccn3nc(Nc4ccc(C(=O)N5CCN(C)CC5)cc4)nc23)c1. The summed E-state index contributed by atoms with van der Waals surface area (Å²) in [5.41, 5.74) is 2.53. The number of pyridine rings is 1. The van der Waals surface area contributed by atoms with Crippen LogP contribution in [0.5, 0.6) is 11.5 Å². The zero-order valence-corrected chi connectivity index (χ0v) is 20.4. The van der Waals surface area contributed by atoms with Crippen molar-refractivity contribution in [3.63, 3.8) is 0 Å². The third kappa shape index (κ3) is 5.60. The molecule has 4 aromatic rings. The Morgan fingerprint density at radius 2 is 1.78 bits per heavy atom. The third-order valence-corrected chi connectivity index (χ3v) is 6.02. The van der Waals surface area contributed by atoms with E-state index in [-0.39, 0.29) is 11.8 Å². The van der Waals surface area contributed by atoms with Crippen LogP contribution in [0.1, 0.15) is 10.4 Å². The molecule has 0 spiro atoms. The zero-order valence-electron chi connectivity index (χ0n) is 20.4. The van der Waals surface area contributed by atoms with Crippen molar-refractivity contribution >= 4 is 34.8 Å². The Morgan fingerprint density at radius 3 is 2.54 bits per heavy atom. The molecule has 1 aliphatic heterocycles.